The lowest BCUT2D eigenvalue weighted by atomic mass is 9.59. The maximum absolute atomic E-state index is 7.48. The van der Waals surface area contributed by atoms with Crippen molar-refractivity contribution in [3.05, 3.63) is 95.1 Å². The van der Waals surface area contributed by atoms with Gasteiger partial charge in [-0.1, -0.05) is 136 Å². The van der Waals surface area contributed by atoms with Crippen molar-refractivity contribution in [3.63, 3.8) is 0 Å². The summed E-state index contributed by atoms with van der Waals surface area (Å²) < 4.78 is 13.8. The summed E-state index contributed by atoms with van der Waals surface area (Å²) in [5, 5.41) is 0. The number of nitrogens with two attached hydrogens (primary N) is 2. The molecular weight excluding hydrogens is 588 g/mol. The molecule has 0 saturated carbocycles. The number of unbranched alkanes of at least 4 members (excludes halogenated alkanes) is 2. The average Bonchev–Trinajstić information content (AvgIpc) is 3.06. The molecule has 0 saturated heterocycles. The fourth-order valence-electron chi connectivity index (χ4n) is 7.97. The first-order valence-corrected chi connectivity index (χ1v) is 17.9. The molecule has 0 aliphatic heterocycles. The maximum Gasteiger partial charge on any atom is 0.127 e. The smallest absolute Gasteiger partial charge is 0.127 e. The maximum atomic E-state index is 7.48. The second-order valence-electron chi connectivity index (χ2n) is 15.9. The Bertz CT molecular complexity index is 1740. The summed E-state index contributed by atoms with van der Waals surface area (Å²) in [6.45, 7) is 18.0. The van der Waals surface area contributed by atoms with Gasteiger partial charge in [0.1, 0.15) is 11.2 Å². The summed E-state index contributed by atoms with van der Waals surface area (Å²) in [6, 6.07) is 26.5. The van der Waals surface area contributed by atoms with E-state index in [1.165, 1.54) is 11.1 Å². The van der Waals surface area contributed by atoms with Crippen LogP contribution < -0.4 is 11.5 Å². The first-order chi connectivity index (χ1) is 22.7. The second kappa shape index (κ2) is 13.4. The molecule has 256 valence electrons. The molecule has 2 atom stereocenters. The van der Waals surface area contributed by atoms with Crippen LogP contribution in [0.1, 0.15) is 116 Å². The molecule has 0 heterocycles. The SMILES string of the molecule is CCCCC1(OC)c2cc(N)ccc2-c2cc(-c3ccc(C(C)(C)C)cc3)c(N)c(-c3ccc(C(C)(C)C)cc3)c2C1(CCCC)OC. The predicted molar refractivity (Wildman–Crippen MR) is 205 cm³/mol. The summed E-state index contributed by atoms with van der Waals surface area (Å²) in [6.07, 6.45) is 5.60. The van der Waals surface area contributed by atoms with E-state index in [9.17, 15) is 0 Å². The monoisotopic (exact) mass is 646 g/mol. The van der Waals surface area contributed by atoms with E-state index < -0.39 is 11.2 Å². The fraction of sp³-hybridized carbons (Fsp3) is 0.455. The first kappa shape index (κ1) is 35.7. The Kier molecular flexibility index (Phi) is 9.94. The Hall–Kier alpha value is -3.60. The molecule has 1 aliphatic rings. The third-order valence-corrected chi connectivity index (χ3v) is 10.8. The van der Waals surface area contributed by atoms with E-state index in [0.29, 0.717) is 0 Å². The van der Waals surface area contributed by atoms with Gasteiger partial charge >= 0.3 is 0 Å². The number of benzene rings is 4. The number of rotatable bonds is 10. The average molecular weight is 647 g/mol. The molecule has 0 spiro atoms. The Labute approximate surface area is 290 Å². The van der Waals surface area contributed by atoms with E-state index in [4.69, 9.17) is 20.9 Å². The van der Waals surface area contributed by atoms with Crippen LogP contribution in [0.2, 0.25) is 0 Å². The van der Waals surface area contributed by atoms with Gasteiger partial charge in [0.15, 0.2) is 0 Å². The van der Waals surface area contributed by atoms with Gasteiger partial charge in [0.25, 0.3) is 0 Å². The van der Waals surface area contributed by atoms with Gasteiger partial charge in [0.2, 0.25) is 0 Å². The highest BCUT2D eigenvalue weighted by molar-refractivity contribution is 5.98. The van der Waals surface area contributed by atoms with E-state index in [1.54, 1.807) is 0 Å². The number of ether oxygens (including phenoxy) is 2. The van der Waals surface area contributed by atoms with Gasteiger partial charge in [-0.3, -0.25) is 0 Å². The third-order valence-electron chi connectivity index (χ3n) is 10.8. The van der Waals surface area contributed by atoms with E-state index in [-0.39, 0.29) is 10.8 Å². The molecule has 4 aromatic carbocycles. The first-order valence-electron chi connectivity index (χ1n) is 17.9. The molecule has 4 aromatic rings. The summed E-state index contributed by atoms with van der Waals surface area (Å²) in [5.41, 5.74) is 25.3. The molecule has 1 aliphatic carbocycles. The quantitative estimate of drug-likeness (QED) is 0.168. The van der Waals surface area contributed by atoms with Crippen LogP contribution in [0.5, 0.6) is 0 Å². The van der Waals surface area contributed by atoms with Crippen molar-refractivity contribution in [1.82, 2.24) is 0 Å². The molecule has 5 rings (SSSR count). The highest BCUT2D eigenvalue weighted by atomic mass is 16.5. The molecule has 4 N–H and O–H groups in total. The zero-order valence-corrected chi connectivity index (χ0v) is 31.1. The van der Waals surface area contributed by atoms with Crippen LogP contribution in [0.15, 0.2) is 72.8 Å². The zero-order valence-electron chi connectivity index (χ0n) is 31.1. The number of anilines is 2. The topological polar surface area (TPSA) is 70.5 Å². The fourth-order valence-corrected chi connectivity index (χ4v) is 7.97. The van der Waals surface area contributed by atoms with E-state index in [0.717, 1.165) is 94.4 Å². The van der Waals surface area contributed by atoms with E-state index >= 15 is 0 Å². The summed E-state index contributed by atoms with van der Waals surface area (Å²) >= 11 is 0. The standard InChI is InChI=1S/C44H58N2O2/c1-11-13-25-43(47-9)37-27-33(45)23-24-34(37)36-28-35(29-15-19-31(20-16-29)41(3,4)5)40(46)38(39(36)44(43,48-10)26-14-12-2)30-17-21-32(22-18-30)42(6,7)8/h15-24,27-28H,11-14,25-26,45-46H2,1-10H3. The van der Waals surface area contributed by atoms with Crippen molar-refractivity contribution in [2.45, 2.75) is 116 Å². The van der Waals surface area contributed by atoms with Crippen molar-refractivity contribution >= 4 is 11.4 Å². The normalized spacial score (nSPS) is 19.2. The van der Waals surface area contributed by atoms with Gasteiger partial charge in [-0.05, 0) is 80.8 Å². The minimum absolute atomic E-state index is 0.0296. The van der Waals surface area contributed by atoms with Crippen molar-refractivity contribution in [3.8, 4) is 33.4 Å². The molecule has 4 heteroatoms. The minimum Gasteiger partial charge on any atom is -0.399 e. The molecule has 4 nitrogen and oxygen atoms in total. The van der Waals surface area contributed by atoms with Gasteiger partial charge in [-0.2, -0.15) is 0 Å². The number of fused-ring (bicyclic) bond motifs is 3. The van der Waals surface area contributed by atoms with Crippen LogP contribution in [0, 0.1) is 0 Å². The highest BCUT2D eigenvalue weighted by Gasteiger charge is 2.59. The van der Waals surface area contributed by atoms with Crippen molar-refractivity contribution in [2.75, 3.05) is 25.7 Å². The Morgan fingerprint density at radius 2 is 1.08 bits per heavy atom. The van der Waals surface area contributed by atoms with Crippen molar-refractivity contribution < 1.29 is 9.47 Å². The third kappa shape index (κ3) is 5.96. The van der Waals surface area contributed by atoms with Crippen molar-refractivity contribution in [2.24, 2.45) is 0 Å². The predicted octanol–water partition coefficient (Wildman–Crippen LogP) is 11.5. The molecule has 2 unspecified atom stereocenters. The zero-order chi connectivity index (χ0) is 35.1. The number of hydrogen-bond acceptors (Lipinski definition) is 4. The van der Waals surface area contributed by atoms with Crippen LogP contribution in [0.3, 0.4) is 0 Å². The highest BCUT2D eigenvalue weighted by Crippen LogP contribution is 2.63. The molecule has 0 bridgehead atoms. The second-order valence-corrected chi connectivity index (χ2v) is 15.9. The van der Waals surface area contributed by atoms with Gasteiger partial charge in [0.05, 0.1) is 0 Å². The molecule has 48 heavy (non-hydrogen) atoms. The summed E-state index contributed by atoms with van der Waals surface area (Å²) in [7, 11) is 3.71. The Morgan fingerprint density at radius 1 is 0.583 bits per heavy atom. The summed E-state index contributed by atoms with van der Waals surface area (Å²) in [5.74, 6) is 0. The van der Waals surface area contributed by atoms with Gasteiger partial charge < -0.3 is 20.9 Å². The number of methoxy groups -OCH3 is 2. The Balaban J connectivity index is 1.97. The van der Waals surface area contributed by atoms with Gasteiger partial charge in [0, 0.05) is 42.3 Å². The molecular formula is C44H58N2O2. The lowest BCUT2D eigenvalue weighted by molar-refractivity contribution is -0.209. The van der Waals surface area contributed by atoms with E-state index in [2.05, 4.69) is 122 Å². The molecule has 0 amide bonds. The lowest BCUT2D eigenvalue weighted by Crippen LogP contribution is -2.54. The van der Waals surface area contributed by atoms with Crippen LogP contribution in [-0.2, 0) is 31.5 Å². The van der Waals surface area contributed by atoms with E-state index in [1.807, 2.05) is 20.3 Å². The number of nitrogen functional groups attached to an aromatic ring is 2. The Morgan fingerprint density at radius 3 is 1.56 bits per heavy atom. The minimum atomic E-state index is -0.816. The number of hydrogen-bond donors (Lipinski definition) is 2. The summed E-state index contributed by atoms with van der Waals surface area (Å²) in [4.78, 5) is 0. The lowest BCUT2D eigenvalue weighted by Gasteiger charge is -2.54. The molecule has 0 aromatic heterocycles. The van der Waals surface area contributed by atoms with Crippen LogP contribution in [-0.4, -0.2) is 14.2 Å². The molecule has 0 fully saturated rings. The van der Waals surface area contributed by atoms with Crippen molar-refractivity contribution in [1.29, 1.82) is 0 Å². The van der Waals surface area contributed by atoms with Gasteiger partial charge in [-0.15, -0.1) is 0 Å². The van der Waals surface area contributed by atoms with Crippen LogP contribution in [0.25, 0.3) is 33.4 Å². The van der Waals surface area contributed by atoms with Crippen LogP contribution in [0.4, 0.5) is 11.4 Å². The molecule has 0 radical (unpaired) electrons. The largest absolute Gasteiger partial charge is 0.399 e. The van der Waals surface area contributed by atoms with Crippen LogP contribution >= 0.6 is 0 Å². The van der Waals surface area contributed by atoms with Gasteiger partial charge in [-0.25, -0.2) is 0 Å².